The maximum Gasteiger partial charge on any atom is 0.143 e. The highest BCUT2D eigenvalue weighted by molar-refractivity contribution is 6.10. The number of para-hydroxylation sites is 4. The van der Waals surface area contributed by atoms with E-state index in [-0.39, 0.29) is 0 Å². The fraction of sp³-hybridized carbons (Fsp3) is 0.0526. The van der Waals surface area contributed by atoms with Crippen molar-refractivity contribution in [1.82, 2.24) is 0 Å². The van der Waals surface area contributed by atoms with Crippen molar-refractivity contribution in [3.8, 4) is 33.4 Å². The van der Waals surface area contributed by atoms with E-state index in [4.69, 9.17) is 13.6 Å². The summed E-state index contributed by atoms with van der Waals surface area (Å²) in [6.45, 7) is 1.13. The first-order chi connectivity index (χ1) is 20.3. The Kier molecular flexibility index (Phi) is 4.80. The highest BCUT2D eigenvalue weighted by Gasteiger charge is 2.20. The van der Waals surface area contributed by atoms with Crippen molar-refractivity contribution in [3.63, 3.8) is 0 Å². The zero-order valence-electron chi connectivity index (χ0n) is 22.2. The third-order valence-corrected chi connectivity index (χ3v) is 8.45. The molecule has 194 valence electrons. The number of rotatable bonds is 2. The predicted molar refractivity (Wildman–Crippen MR) is 166 cm³/mol. The fourth-order valence-corrected chi connectivity index (χ4v) is 6.48. The van der Waals surface area contributed by atoms with Gasteiger partial charge in [-0.1, -0.05) is 97.1 Å². The van der Waals surface area contributed by atoms with Crippen LogP contribution in [0.25, 0.3) is 77.3 Å². The largest absolute Gasteiger partial charge is 0.455 e. The Morgan fingerprint density at radius 2 is 0.951 bits per heavy atom. The van der Waals surface area contributed by atoms with Crippen LogP contribution in [0.15, 0.2) is 130 Å². The van der Waals surface area contributed by atoms with Gasteiger partial charge in [0.05, 0.1) is 13.2 Å². The number of furan rings is 2. The Labute approximate surface area is 236 Å². The molecule has 0 fully saturated rings. The Hall–Kier alpha value is -5.12. The second-order valence-electron chi connectivity index (χ2n) is 10.8. The van der Waals surface area contributed by atoms with Crippen molar-refractivity contribution in [1.29, 1.82) is 0 Å². The molecule has 0 N–H and O–H groups in total. The van der Waals surface area contributed by atoms with Gasteiger partial charge in [0.25, 0.3) is 0 Å². The number of hydrogen-bond acceptors (Lipinski definition) is 3. The average molecular weight is 529 g/mol. The van der Waals surface area contributed by atoms with Crippen molar-refractivity contribution in [2.24, 2.45) is 0 Å². The lowest BCUT2D eigenvalue weighted by Gasteiger charge is -2.13. The lowest BCUT2D eigenvalue weighted by atomic mass is 9.90. The summed E-state index contributed by atoms with van der Waals surface area (Å²) in [6.07, 6.45) is 0. The van der Waals surface area contributed by atoms with Crippen LogP contribution in [0.4, 0.5) is 0 Å². The molecule has 8 aromatic rings. The van der Waals surface area contributed by atoms with Crippen LogP contribution in [-0.4, -0.2) is 0 Å². The summed E-state index contributed by atoms with van der Waals surface area (Å²) in [5, 5.41) is 4.56. The van der Waals surface area contributed by atoms with E-state index in [2.05, 4.69) is 97.1 Å². The molecule has 3 heteroatoms. The van der Waals surface area contributed by atoms with Gasteiger partial charge in [0, 0.05) is 32.7 Å². The van der Waals surface area contributed by atoms with E-state index in [0.29, 0.717) is 13.2 Å². The molecule has 0 amide bonds. The molecule has 1 aliphatic rings. The molecule has 41 heavy (non-hydrogen) atoms. The second-order valence-corrected chi connectivity index (χ2v) is 10.8. The standard InChI is InChI=1S/C38H24O3/c1-3-13-35-30(7-1)32-11-5-9-28(37(32)40-35)23-17-18-27-26(19-23)22-39-21-25-16-15-24(20-34(25)27)29-10-6-12-33-31-8-2-4-14-36(31)41-38(29)33/h1-20H,21-22H2. The third kappa shape index (κ3) is 3.43. The minimum absolute atomic E-state index is 0.558. The van der Waals surface area contributed by atoms with Crippen molar-refractivity contribution in [2.45, 2.75) is 13.2 Å². The molecular weight excluding hydrogens is 504 g/mol. The molecule has 0 spiro atoms. The van der Waals surface area contributed by atoms with Crippen LogP contribution >= 0.6 is 0 Å². The van der Waals surface area contributed by atoms with Gasteiger partial charge in [-0.2, -0.15) is 0 Å². The predicted octanol–water partition coefficient (Wildman–Crippen LogP) is 10.5. The lowest BCUT2D eigenvalue weighted by Crippen LogP contribution is -1.91. The summed E-state index contributed by atoms with van der Waals surface area (Å²) in [7, 11) is 0. The van der Waals surface area contributed by atoms with Gasteiger partial charge in [-0.05, 0) is 57.6 Å². The van der Waals surface area contributed by atoms with Crippen molar-refractivity contribution in [2.75, 3.05) is 0 Å². The molecule has 6 aromatic carbocycles. The van der Waals surface area contributed by atoms with Gasteiger partial charge < -0.3 is 13.6 Å². The number of fused-ring (bicyclic) bond motifs is 9. The van der Waals surface area contributed by atoms with Gasteiger partial charge in [-0.25, -0.2) is 0 Å². The molecular formula is C38H24O3. The Bertz CT molecular complexity index is 2300. The average Bonchev–Trinajstić information content (AvgIpc) is 3.54. The molecule has 3 heterocycles. The van der Waals surface area contributed by atoms with Crippen LogP contribution in [0.1, 0.15) is 11.1 Å². The zero-order valence-corrected chi connectivity index (χ0v) is 22.2. The SMILES string of the molecule is c1ccc2c(c1)oc1c(-c3ccc4c(c3)COCc3ccc(-c5cccc6c5oc5ccccc56)cc3-4)cccc12. The van der Waals surface area contributed by atoms with Gasteiger partial charge in [0.1, 0.15) is 22.3 Å². The Morgan fingerprint density at radius 1 is 0.390 bits per heavy atom. The first-order valence-corrected chi connectivity index (χ1v) is 14.0. The van der Waals surface area contributed by atoms with E-state index in [1.807, 2.05) is 24.3 Å². The Balaban J connectivity index is 1.19. The van der Waals surface area contributed by atoms with Gasteiger partial charge in [0.2, 0.25) is 0 Å². The molecule has 0 unspecified atom stereocenters. The molecule has 0 bridgehead atoms. The highest BCUT2D eigenvalue weighted by atomic mass is 16.5. The highest BCUT2D eigenvalue weighted by Crippen LogP contribution is 2.41. The second kappa shape index (κ2) is 8.69. The van der Waals surface area contributed by atoms with Crippen LogP contribution in [-0.2, 0) is 18.0 Å². The topological polar surface area (TPSA) is 35.5 Å². The Morgan fingerprint density at radius 3 is 1.63 bits per heavy atom. The quantitative estimate of drug-likeness (QED) is 0.224. The van der Waals surface area contributed by atoms with Crippen molar-refractivity contribution in [3.05, 3.63) is 132 Å². The summed E-state index contributed by atoms with van der Waals surface area (Å²) in [5.41, 5.74) is 12.9. The first kappa shape index (κ1) is 22.7. The number of hydrogen-bond donors (Lipinski definition) is 0. The summed E-state index contributed by atoms with van der Waals surface area (Å²) in [5.74, 6) is 0. The summed E-state index contributed by atoms with van der Waals surface area (Å²) in [4.78, 5) is 0. The van der Waals surface area contributed by atoms with Crippen LogP contribution in [0.3, 0.4) is 0 Å². The monoisotopic (exact) mass is 528 g/mol. The number of ether oxygens (including phenoxy) is 1. The molecule has 9 rings (SSSR count). The summed E-state index contributed by atoms with van der Waals surface area (Å²) in [6, 6.07) is 42.7. The normalized spacial score (nSPS) is 13.1. The van der Waals surface area contributed by atoms with E-state index in [1.54, 1.807) is 0 Å². The maximum absolute atomic E-state index is 6.36. The number of benzene rings is 6. The summed E-state index contributed by atoms with van der Waals surface area (Å²) >= 11 is 0. The lowest BCUT2D eigenvalue weighted by molar-refractivity contribution is 0.110. The molecule has 0 aliphatic carbocycles. The smallest absolute Gasteiger partial charge is 0.143 e. The summed E-state index contributed by atoms with van der Waals surface area (Å²) < 4.78 is 18.9. The van der Waals surface area contributed by atoms with Crippen LogP contribution in [0.2, 0.25) is 0 Å². The van der Waals surface area contributed by atoms with E-state index in [0.717, 1.165) is 66.1 Å². The molecule has 0 radical (unpaired) electrons. The molecule has 0 saturated heterocycles. The van der Waals surface area contributed by atoms with Gasteiger partial charge in [-0.15, -0.1) is 0 Å². The maximum atomic E-state index is 6.36. The van der Waals surface area contributed by atoms with Crippen LogP contribution < -0.4 is 0 Å². The van der Waals surface area contributed by atoms with E-state index in [9.17, 15) is 0 Å². The molecule has 0 atom stereocenters. The van der Waals surface area contributed by atoms with Gasteiger partial charge in [0.15, 0.2) is 0 Å². The van der Waals surface area contributed by atoms with Crippen molar-refractivity contribution < 1.29 is 13.6 Å². The molecule has 1 aliphatic heterocycles. The minimum atomic E-state index is 0.558. The van der Waals surface area contributed by atoms with Crippen LogP contribution in [0, 0.1) is 0 Å². The minimum Gasteiger partial charge on any atom is -0.455 e. The van der Waals surface area contributed by atoms with Crippen LogP contribution in [0.5, 0.6) is 0 Å². The molecule has 2 aromatic heterocycles. The van der Waals surface area contributed by atoms with Gasteiger partial charge in [-0.3, -0.25) is 0 Å². The first-order valence-electron chi connectivity index (χ1n) is 14.0. The molecule has 3 nitrogen and oxygen atoms in total. The van der Waals surface area contributed by atoms with Gasteiger partial charge >= 0.3 is 0 Å². The zero-order chi connectivity index (χ0) is 26.9. The van der Waals surface area contributed by atoms with Crippen molar-refractivity contribution >= 4 is 43.9 Å². The molecule has 0 saturated carbocycles. The third-order valence-electron chi connectivity index (χ3n) is 8.45. The fourth-order valence-electron chi connectivity index (χ4n) is 6.48. The van der Waals surface area contributed by atoms with E-state index >= 15 is 0 Å². The van der Waals surface area contributed by atoms with E-state index in [1.165, 1.54) is 22.3 Å². The van der Waals surface area contributed by atoms with E-state index < -0.39 is 0 Å².